The largest absolute Gasteiger partial charge is 0.356 e. The molecule has 0 radical (unpaired) electrons. The molecule has 152 valence electrons. The standard InChI is InChI=1S/C21H23N3O4S/c1-22(14-16-7-5-4-6-8-16)19-13-20(25)23(2)21(26)24(19)15-17-9-11-18(12-10-17)29(3,27)28/h4-13H,14-15H2,1-3H3. The Morgan fingerprint density at radius 2 is 1.55 bits per heavy atom. The van der Waals surface area contributed by atoms with E-state index in [0.717, 1.165) is 21.9 Å². The number of hydrogen-bond donors (Lipinski definition) is 0. The van der Waals surface area contributed by atoms with Gasteiger partial charge in [-0.1, -0.05) is 42.5 Å². The summed E-state index contributed by atoms with van der Waals surface area (Å²) in [5.74, 6) is 0.495. The van der Waals surface area contributed by atoms with Crippen molar-refractivity contribution in [2.75, 3.05) is 18.2 Å². The molecule has 8 heteroatoms. The third kappa shape index (κ3) is 4.65. The quantitative estimate of drug-likeness (QED) is 0.614. The monoisotopic (exact) mass is 413 g/mol. The van der Waals surface area contributed by atoms with Gasteiger partial charge in [-0.2, -0.15) is 0 Å². The summed E-state index contributed by atoms with van der Waals surface area (Å²) in [4.78, 5) is 27.1. The smallest absolute Gasteiger partial charge is 0.332 e. The molecule has 0 aliphatic heterocycles. The minimum absolute atomic E-state index is 0.214. The number of hydrogen-bond acceptors (Lipinski definition) is 5. The number of nitrogens with zero attached hydrogens (tertiary/aromatic N) is 3. The molecule has 0 aliphatic rings. The van der Waals surface area contributed by atoms with E-state index in [1.54, 1.807) is 12.1 Å². The summed E-state index contributed by atoms with van der Waals surface area (Å²) in [6.45, 7) is 0.742. The van der Waals surface area contributed by atoms with E-state index in [0.29, 0.717) is 12.4 Å². The number of rotatable bonds is 6. The third-order valence-corrected chi connectivity index (χ3v) is 5.85. The van der Waals surface area contributed by atoms with Gasteiger partial charge in [-0.15, -0.1) is 0 Å². The maximum atomic E-state index is 12.8. The van der Waals surface area contributed by atoms with E-state index in [1.165, 1.54) is 29.8 Å². The molecule has 0 aliphatic carbocycles. The fourth-order valence-corrected chi connectivity index (χ4v) is 3.72. The van der Waals surface area contributed by atoms with Gasteiger partial charge < -0.3 is 4.90 Å². The fraction of sp³-hybridized carbons (Fsp3) is 0.238. The summed E-state index contributed by atoms with van der Waals surface area (Å²) < 4.78 is 25.9. The first-order valence-corrected chi connectivity index (χ1v) is 10.9. The molecule has 0 spiro atoms. The molecule has 0 unspecified atom stereocenters. The molecule has 3 rings (SSSR count). The van der Waals surface area contributed by atoms with Crippen molar-refractivity contribution in [3.8, 4) is 0 Å². The normalized spacial score (nSPS) is 11.4. The first-order chi connectivity index (χ1) is 13.7. The summed E-state index contributed by atoms with van der Waals surface area (Å²) in [6, 6.07) is 17.6. The minimum Gasteiger partial charge on any atom is -0.356 e. The molecule has 0 bridgehead atoms. The Labute approximate surface area is 169 Å². The molecular formula is C21H23N3O4S. The Bertz CT molecular complexity index is 1230. The maximum Gasteiger partial charge on any atom is 0.332 e. The van der Waals surface area contributed by atoms with Crippen LogP contribution in [0.3, 0.4) is 0 Å². The Hall–Kier alpha value is -3.13. The van der Waals surface area contributed by atoms with Crippen LogP contribution < -0.4 is 16.1 Å². The van der Waals surface area contributed by atoms with Gasteiger partial charge in [0.1, 0.15) is 5.82 Å². The highest BCUT2D eigenvalue weighted by Crippen LogP contribution is 2.16. The zero-order valence-corrected chi connectivity index (χ0v) is 17.4. The van der Waals surface area contributed by atoms with Gasteiger partial charge in [0.2, 0.25) is 0 Å². The second kappa shape index (κ2) is 8.08. The highest BCUT2D eigenvalue weighted by atomic mass is 32.2. The van der Waals surface area contributed by atoms with Crippen LogP contribution in [0.1, 0.15) is 11.1 Å². The summed E-state index contributed by atoms with van der Waals surface area (Å²) in [6.07, 6.45) is 1.15. The summed E-state index contributed by atoms with van der Waals surface area (Å²) in [5.41, 5.74) is 0.993. The van der Waals surface area contributed by atoms with Crippen molar-refractivity contribution in [3.05, 3.63) is 92.6 Å². The summed E-state index contributed by atoms with van der Waals surface area (Å²) in [5, 5.41) is 0. The highest BCUT2D eigenvalue weighted by molar-refractivity contribution is 7.90. The lowest BCUT2D eigenvalue weighted by molar-refractivity contribution is 0.601. The van der Waals surface area contributed by atoms with Gasteiger partial charge in [-0.25, -0.2) is 13.2 Å². The maximum absolute atomic E-state index is 12.8. The zero-order valence-electron chi connectivity index (χ0n) is 16.6. The molecule has 3 aromatic rings. The van der Waals surface area contributed by atoms with Crippen LogP contribution in [-0.2, 0) is 30.0 Å². The molecule has 0 fully saturated rings. The molecule has 0 saturated heterocycles. The van der Waals surface area contributed by atoms with Crippen LogP contribution in [-0.4, -0.2) is 30.9 Å². The molecule has 0 N–H and O–H groups in total. The van der Waals surface area contributed by atoms with Crippen LogP contribution in [0.5, 0.6) is 0 Å². The molecule has 7 nitrogen and oxygen atoms in total. The Morgan fingerprint density at radius 1 is 0.931 bits per heavy atom. The Balaban J connectivity index is 2.00. The van der Waals surface area contributed by atoms with E-state index in [4.69, 9.17) is 0 Å². The number of aromatic nitrogens is 2. The first kappa shape index (κ1) is 20.6. The van der Waals surface area contributed by atoms with Crippen molar-refractivity contribution in [2.45, 2.75) is 18.0 Å². The molecule has 2 aromatic carbocycles. The second-order valence-electron chi connectivity index (χ2n) is 7.03. The van der Waals surface area contributed by atoms with Crippen molar-refractivity contribution < 1.29 is 8.42 Å². The van der Waals surface area contributed by atoms with E-state index >= 15 is 0 Å². The van der Waals surface area contributed by atoms with Crippen LogP contribution >= 0.6 is 0 Å². The molecular weight excluding hydrogens is 390 g/mol. The van der Waals surface area contributed by atoms with Crippen LogP contribution in [0.4, 0.5) is 5.82 Å². The van der Waals surface area contributed by atoms with Gasteiger partial charge >= 0.3 is 5.69 Å². The van der Waals surface area contributed by atoms with E-state index < -0.39 is 15.5 Å². The van der Waals surface area contributed by atoms with Gasteiger partial charge in [0, 0.05) is 33.0 Å². The molecule has 0 atom stereocenters. The molecule has 29 heavy (non-hydrogen) atoms. The number of anilines is 1. The van der Waals surface area contributed by atoms with E-state index in [1.807, 2.05) is 42.3 Å². The SMILES string of the molecule is CN(Cc1ccccc1)c1cc(=O)n(C)c(=O)n1Cc1ccc(S(C)(=O)=O)cc1. The number of benzene rings is 2. The van der Waals surface area contributed by atoms with Crippen molar-refractivity contribution in [1.29, 1.82) is 0 Å². The first-order valence-electron chi connectivity index (χ1n) is 9.02. The highest BCUT2D eigenvalue weighted by Gasteiger charge is 2.14. The zero-order chi connectivity index (χ0) is 21.2. The number of sulfone groups is 1. The predicted molar refractivity (Wildman–Crippen MR) is 113 cm³/mol. The molecule has 1 heterocycles. The Kier molecular flexibility index (Phi) is 5.74. The third-order valence-electron chi connectivity index (χ3n) is 4.72. The van der Waals surface area contributed by atoms with Gasteiger partial charge in [0.05, 0.1) is 11.4 Å². The predicted octanol–water partition coefficient (Wildman–Crippen LogP) is 1.64. The summed E-state index contributed by atoms with van der Waals surface area (Å²) in [7, 11) is -0.0281. The lowest BCUT2D eigenvalue weighted by atomic mass is 10.2. The molecule has 1 aromatic heterocycles. The van der Waals surface area contributed by atoms with Crippen LogP contribution in [0.15, 0.2) is 75.1 Å². The van der Waals surface area contributed by atoms with Crippen molar-refractivity contribution in [1.82, 2.24) is 9.13 Å². The van der Waals surface area contributed by atoms with E-state index in [2.05, 4.69) is 0 Å². The summed E-state index contributed by atoms with van der Waals surface area (Å²) >= 11 is 0. The topological polar surface area (TPSA) is 81.4 Å². The van der Waals surface area contributed by atoms with E-state index in [9.17, 15) is 18.0 Å². The van der Waals surface area contributed by atoms with Gasteiger partial charge in [0.15, 0.2) is 9.84 Å². The molecule has 0 amide bonds. The van der Waals surface area contributed by atoms with Gasteiger partial charge in [-0.05, 0) is 23.3 Å². The fourth-order valence-electron chi connectivity index (χ4n) is 3.09. The second-order valence-corrected chi connectivity index (χ2v) is 9.04. The minimum atomic E-state index is -3.29. The Morgan fingerprint density at radius 3 is 2.14 bits per heavy atom. The van der Waals surface area contributed by atoms with Crippen molar-refractivity contribution in [2.24, 2.45) is 7.05 Å². The van der Waals surface area contributed by atoms with Crippen LogP contribution in [0.2, 0.25) is 0 Å². The van der Waals surface area contributed by atoms with E-state index in [-0.39, 0.29) is 17.0 Å². The van der Waals surface area contributed by atoms with Gasteiger partial charge in [-0.3, -0.25) is 13.9 Å². The van der Waals surface area contributed by atoms with Gasteiger partial charge in [0.25, 0.3) is 5.56 Å². The van der Waals surface area contributed by atoms with Crippen LogP contribution in [0.25, 0.3) is 0 Å². The average molecular weight is 413 g/mol. The van der Waals surface area contributed by atoms with Crippen molar-refractivity contribution >= 4 is 15.7 Å². The lowest BCUT2D eigenvalue weighted by Crippen LogP contribution is -2.40. The lowest BCUT2D eigenvalue weighted by Gasteiger charge is -2.24. The molecule has 0 saturated carbocycles. The average Bonchev–Trinajstić information content (AvgIpc) is 2.68. The van der Waals surface area contributed by atoms with Crippen molar-refractivity contribution in [3.63, 3.8) is 0 Å². The van der Waals surface area contributed by atoms with Crippen LogP contribution in [0, 0.1) is 0 Å².